The van der Waals surface area contributed by atoms with E-state index in [0.29, 0.717) is 5.92 Å². The predicted octanol–water partition coefficient (Wildman–Crippen LogP) is 3.58. The lowest BCUT2D eigenvalue weighted by molar-refractivity contribution is 0.163. The van der Waals surface area contributed by atoms with Crippen molar-refractivity contribution in [2.24, 2.45) is 10.9 Å². The van der Waals surface area contributed by atoms with Crippen molar-refractivity contribution in [3.8, 4) is 0 Å². The van der Waals surface area contributed by atoms with E-state index in [2.05, 4.69) is 47.5 Å². The fourth-order valence-corrected chi connectivity index (χ4v) is 5.09. The van der Waals surface area contributed by atoms with Gasteiger partial charge in [0.15, 0.2) is 5.96 Å². The molecule has 0 radical (unpaired) electrons. The second kappa shape index (κ2) is 11.5. The number of halogens is 1. The van der Waals surface area contributed by atoms with Crippen molar-refractivity contribution in [2.75, 3.05) is 57.8 Å². The van der Waals surface area contributed by atoms with Crippen molar-refractivity contribution in [3.63, 3.8) is 0 Å². The number of guanidine groups is 1. The Kier molecular flexibility index (Phi) is 9.03. The first-order valence-corrected chi connectivity index (χ1v) is 11.9. The third kappa shape index (κ3) is 6.35. The average molecular weight is 559 g/mol. The molecule has 0 aromatic carbocycles. The summed E-state index contributed by atoms with van der Waals surface area (Å²) < 4.78 is 5.75. The van der Waals surface area contributed by atoms with Gasteiger partial charge >= 0.3 is 0 Å². The van der Waals surface area contributed by atoms with Gasteiger partial charge in [0.2, 0.25) is 5.89 Å². The minimum atomic E-state index is 0. The highest BCUT2D eigenvalue weighted by atomic mass is 127. The molecule has 172 valence electrons. The van der Waals surface area contributed by atoms with Crippen LogP contribution in [0.4, 0.5) is 5.00 Å². The number of aliphatic imine (C=N–C) groups is 1. The summed E-state index contributed by atoms with van der Waals surface area (Å²) in [6, 6.07) is 4.34. The molecule has 1 N–H and O–H groups in total. The van der Waals surface area contributed by atoms with E-state index in [0.717, 1.165) is 75.7 Å². The first-order valence-electron chi connectivity index (χ1n) is 11.0. The summed E-state index contributed by atoms with van der Waals surface area (Å²) in [4.78, 5) is 16.4. The van der Waals surface area contributed by atoms with Gasteiger partial charge < -0.3 is 19.5 Å². The van der Waals surface area contributed by atoms with E-state index in [9.17, 15) is 0 Å². The molecule has 0 bridgehead atoms. The molecule has 2 aliphatic heterocycles. The molecule has 31 heavy (non-hydrogen) atoms. The second-order valence-corrected chi connectivity index (χ2v) is 9.25. The number of piperazine rings is 1. The van der Waals surface area contributed by atoms with Gasteiger partial charge in [-0.3, -0.25) is 9.89 Å². The Hall–Kier alpha value is -1.33. The van der Waals surface area contributed by atoms with Gasteiger partial charge in [0.1, 0.15) is 5.76 Å². The van der Waals surface area contributed by atoms with Crippen LogP contribution >= 0.6 is 35.3 Å². The predicted molar refractivity (Wildman–Crippen MR) is 139 cm³/mol. The third-order valence-corrected chi connectivity index (χ3v) is 7.23. The number of oxazole rings is 1. The van der Waals surface area contributed by atoms with Crippen LogP contribution in [0.1, 0.15) is 30.2 Å². The molecular weight excluding hydrogens is 523 g/mol. The number of nitrogens with zero attached hydrogens (tertiary/aromatic N) is 5. The maximum Gasteiger partial charge on any atom is 0.208 e. The number of piperidine rings is 1. The fourth-order valence-electron chi connectivity index (χ4n) is 4.30. The van der Waals surface area contributed by atoms with Gasteiger partial charge in [-0.1, -0.05) is 0 Å². The highest BCUT2D eigenvalue weighted by molar-refractivity contribution is 14.0. The van der Waals surface area contributed by atoms with Crippen molar-refractivity contribution in [1.29, 1.82) is 0 Å². The topological polar surface area (TPSA) is 60.1 Å². The lowest BCUT2D eigenvalue weighted by Crippen LogP contribution is -2.53. The fraction of sp³-hybridized carbons (Fsp3) is 0.636. The van der Waals surface area contributed by atoms with Crippen molar-refractivity contribution in [1.82, 2.24) is 20.1 Å². The van der Waals surface area contributed by atoms with E-state index >= 15 is 0 Å². The van der Waals surface area contributed by atoms with E-state index in [1.807, 2.05) is 32.2 Å². The number of aromatic nitrogens is 1. The summed E-state index contributed by atoms with van der Waals surface area (Å²) >= 11 is 1.82. The van der Waals surface area contributed by atoms with Crippen LogP contribution in [-0.2, 0) is 6.54 Å². The molecular formula is C22H35IN6OS. The van der Waals surface area contributed by atoms with E-state index in [1.54, 1.807) is 0 Å². The number of likely N-dealkylation sites (tertiary alicyclic amines) is 1. The Morgan fingerprint density at radius 1 is 1.19 bits per heavy atom. The Morgan fingerprint density at radius 2 is 1.94 bits per heavy atom. The normalized spacial score (nSPS) is 18.9. The lowest BCUT2D eigenvalue weighted by atomic mass is 9.97. The van der Waals surface area contributed by atoms with Crippen LogP contribution in [0.2, 0.25) is 0 Å². The van der Waals surface area contributed by atoms with Gasteiger partial charge in [-0.15, -0.1) is 35.3 Å². The van der Waals surface area contributed by atoms with Gasteiger partial charge in [-0.2, -0.15) is 0 Å². The molecule has 7 nitrogen and oxygen atoms in total. The molecule has 2 saturated heterocycles. The van der Waals surface area contributed by atoms with Crippen LogP contribution in [0.5, 0.6) is 0 Å². The Balaban J connectivity index is 0.00000272. The molecule has 2 aliphatic rings. The molecule has 2 aromatic rings. The molecule has 9 heteroatoms. The van der Waals surface area contributed by atoms with Crippen LogP contribution < -0.4 is 10.2 Å². The molecule has 0 spiro atoms. The molecule has 0 amide bonds. The van der Waals surface area contributed by atoms with Gasteiger partial charge in [-0.25, -0.2) is 4.98 Å². The highest BCUT2D eigenvalue weighted by Gasteiger charge is 2.23. The van der Waals surface area contributed by atoms with Crippen LogP contribution in [0.15, 0.2) is 26.9 Å². The molecule has 4 heterocycles. The van der Waals surface area contributed by atoms with Crippen molar-refractivity contribution >= 4 is 46.3 Å². The van der Waals surface area contributed by atoms with E-state index in [-0.39, 0.29) is 24.0 Å². The minimum Gasteiger partial charge on any atom is -0.444 e. The molecule has 0 unspecified atom stereocenters. The molecule has 0 aliphatic carbocycles. The summed E-state index contributed by atoms with van der Waals surface area (Å²) in [5.41, 5.74) is 1.01. The summed E-state index contributed by atoms with van der Waals surface area (Å²) in [6.45, 7) is 12.2. The Labute approximate surface area is 206 Å². The summed E-state index contributed by atoms with van der Waals surface area (Å²) in [6.07, 6.45) is 2.41. The zero-order valence-corrected chi connectivity index (χ0v) is 22.0. The Bertz CT molecular complexity index is 804. The molecule has 2 aromatic heterocycles. The maximum absolute atomic E-state index is 5.75. The summed E-state index contributed by atoms with van der Waals surface area (Å²) in [5.74, 6) is 3.53. The second-order valence-electron chi connectivity index (χ2n) is 8.32. The standard InChI is InChI=1S/C22H34N6OS.HI/c1-17-18(2)29-20(25-17)16-26-8-6-19(7-9-26)15-24-22(23-3)28-12-10-27(11-13-28)21-5-4-14-30-21;/h4-5,14,19H,6-13,15-16H2,1-3H3,(H,23,24);1H. The maximum atomic E-state index is 5.75. The number of hydrogen-bond acceptors (Lipinski definition) is 6. The van der Waals surface area contributed by atoms with Gasteiger partial charge in [0, 0.05) is 39.8 Å². The van der Waals surface area contributed by atoms with E-state index < -0.39 is 0 Å². The quantitative estimate of drug-likeness (QED) is 0.344. The zero-order valence-electron chi connectivity index (χ0n) is 18.8. The van der Waals surface area contributed by atoms with Crippen LogP contribution in [-0.4, -0.2) is 73.6 Å². The first-order chi connectivity index (χ1) is 14.6. The smallest absolute Gasteiger partial charge is 0.208 e. The summed E-state index contributed by atoms with van der Waals surface area (Å²) in [7, 11) is 1.90. The van der Waals surface area contributed by atoms with Crippen LogP contribution in [0, 0.1) is 19.8 Å². The molecule has 2 fully saturated rings. The van der Waals surface area contributed by atoms with Gasteiger partial charge in [-0.05, 0) is 63.2 Å². The third-order valence-electron chi connectivity index (χ3n) is 6.30. The number of anilines is 1. The average Bonchev–Trinajstić information content (AvgIpc) is 3.40. The van der Waals surface area contributed by atoms with Gasteiger partial charge in [0.25, 0.3) is 0 Å². The van der Waals surface area contributed by atoms with Crippen molar-refractivity contribution < 1.29 is 4.42 Å². The van der Waals surface area contributed by atoms with Crippen LogP contribution in [0.25, 0.3) is 0 Å². The lowest BCUT2D eigenvalue weighted by Gasteiger charge is -2.37. The van der Waals surface area contributed by atoms with E-state index in [4.69, 9.17) is 4.42 Å². The number of rotatable bonds is 5. The number of thiophene rings is 1. The first kappa shape index (κ1) is 24.3. The van der Waals surface area contributed by atoms with Gasteiger partial charge in [0.05, 0.1) is 17.2 Å². The zero-order chi connectivity index (χ0) is 20.9. The summed E-state index contributed by atoms with van der Waals surface area (Å²) in [5, 5.41) is 7.17. The number of hydrogen-bond donors (Lipinski definition) is 1. The molecule has 0 atom stereocenters. The molecule has 4 rings (SSSR count). The van der Waals surface area contributed by atoms with Crippen LogP contribution in [0.3, 0.4) is 0 Å². The SMILES string of the molecule is CN=C(NCC1CCN(Cc2nc(C)c(C)o2)CC1)N1CCN(c2cccs2)CC1.I. The minimum absolute atomic E-state index is 0. The van der Waals surface area contributed by atoms with Crippen molar-refractivity contribution in [3.05, 3.63) is 34.9 Å². The van der Waals surface area contributed by atoms with Crippen molar-refractivity contribution in [2.45, 2.75) is 33.2 Å². The number of nitrogens with one attached hydrogen (secondary N) is 1. The highest BCUT2D eigenvalue weighted by Crippen LogP contribution is 2.23. The van der Waals surface area contributed by atoms with E-state index in [1.165, 1.54) is 17.8 Å². The monoisotopic (exact) mass is 558 g/mol. The number of aryl methyl sites for hydroxylation is 2. The molecule has 0 saturated carbocycles. The largest absolute Gasteiger partial charge is 0.444 e. The Morgan fingerprint density at radius 3 is 2.52 bits per heavy atom.